The summed E-state index contributed by atoms with van der Waals surface area (Å²) in [4.78, 5) is 2.30. The molecule has 0 fully saturated rings. The van der Waals surface area contributed by atoms with Crippen LogP contribution in [-0.4, -0.2) is 0 Å². The van der Waals surface area contributed by atoms with Crippen molar-refractivity contribution >= 4 is 60.5 Å². The summed E-state index contributed by atoms with van der Waals surface area (Å²) in [5.74, 6) is 0. The molecule has 0 bridgehead atoms. The van der Waals surface area contributed by atoms with E-state index < -0.39 is 0 Å². The summed E-state index contributed by atoms with van der Waals surface area (Å²) in [6, 6.07) is 71.4. The molecule has 1 aromatic heterocycles. The van der Waals surface area contributed by atoms with E-state index in [-0.39, 0.29) is 0 Å². The molecule has 9 aromatic carbocycles. The van der Waals surface area contributed by atoms with Crippen molar-refractivity contribution in [3.63, 3.8) is 0 Å². The lowest BCUT2D eigenvalue weighted by molar-refractivity contribution is 0.669. The minimum atomic E-state index is 0.865. The zero-order chi connectivity index (χ0) is 34.4. The molecule has 52 heavy (non-hydrogen) atoms. The zero-order valence-electron chi connectivity index (χ0n) is 28.4. The normalized spacial score (nSPS) is 11.5. The molecule has 0 atom stereocenters. The summed E-state index contributed by atoms with van der Waals surface area (Å²) in [6.07, 6.45) is 0. The Morgan fingerprint density at radius 3 is 1.58 bits per heavy atom. The number of benzene rings is 9. The maximum Gasteiger partial charge on any atom is 0.137 e. The second kappa shape index (κ2) is 12.5. The van der Waals surface area contributed by atoms with Gasteiger partial charge in [0.25, 0.3) is 0 Å². The number of nitrogens with zero attached hydrogens (tertiary/aromatic N) is 1. The summed E-state index contributed by atoms with van der Waals surface area (Å²) in [5, 5.41) is 7.15. The van der Waals surface area contributed by atoms with Crippen molar-refractivity contribution in [3.8, 4) is 33.4 Å². The third-order valence-electron chi connectivity index (χ3n) is 10.3. The van der Waals surface area contributed by atoms with E-state index in [9.17, 15) is 0 Å². The van der Waals surface area contributed by atoms with Crippen molar-refractivity contribution in [2.75, 3.05) is 4.90 Å². The first kappa shape index (κ1) is 30.0. The second-order valence-corrected chi connectivity index (χ2v) is 13.3. The zero-order valence-corrected chi connectivity index (χ0v) is 28.4. The third-order valence-corrected chi connectivity index (χ3v) is 10.3. The van der Waals surface area contributed by atoms with Crippen LogP contribution in [0, 0.1) is 0 Å². The van der Waals surface area contributed by atoms with Gasteiger partial charge in [-0.2, -0.15) is 0 Å². The van der Waals surface area contributed by atoms with Crippen LogP contribution in [0.4, 0.5) is 17.1 Å². The highest BCUT2D eigenvalue weighted by atomic mass is 16.3. The largest absolute Gasteiger partial charge is 0.456 e. The molecular weight excluding hydrogens is 631 g/mol. The highest BCUT2D eigenvalue weighted by molar-refractivity contribution is 6.23. The van der Waals surface area contributed by atoms with Gasteiger partial charge in [0.05, 0.1) is 0 Å². The maximum absolute atomic E-state index is 6.79. The van der Waals surface area contributed by atoms with Gasteiger partial charge in [-0.25, -0.2) is 0 Å². The molecule has 0 N–H and O–H groups in total. The van der Waals surface area contributed by atoms with Crippen LogP contribution < -0.4 is 4.90 Å². The van der Waals surface area contributed by atoms with Crippen LogP contribution in [0.15, 0.2) is 205 Å². The lowest BCUT2D eigenvalue weighted by atomic mass is 9.92. The van der Waals surface area contributed by atoms with Gasteiger partial charge in [0, 0.05) is 33.9 Å². The summed E-state index contributed by atoms with van der Waals surface area (Å²) in [5.41, 5.74) is 12.2. The average Bonchev–Trinajstić information content (AvgIpc) is 3.60. The highest BCUT2D eigenvalue weighted by Crippen LogP contribution is 2.44. The summed E-state index contributed by atoms with van der Waals surface area (Å²) >= 11 is 0. The lowest BCUT2D eigenvalue weighted by Crippen LogP contribution is -2.09. The van der Waals surface area contributed by atoms with Crippen molar-refractivity contribution in [2.45, 2.75) is 0 Å². The molecule has 244 valence electrons. The Labute approximate surface area is 302 Å². The Bertz CT molecular complexity index is 2870. The fourth-order valence-electron chi connectivity index (χ4n) is 7.76. The van der Waals surface area contributed by atoms with Crippen LogP contribution >= 0.6 is 0 Å². The number of para-hydroxylation sites is 1. The summed E-state index contributed by atoms with van der Waals surface area (Å²) in [7, 11) is 0. The van der Waals surface area contributed by atoms with Gasteiger partial charge >= 0.3 is 0 Å². The minimum absolute atomic E-state index is 0.865. The molecular formula is C50H33NO. The van der Waals surface area contributed by atoms with E-state index in [1.54, 1.807) is 0 Å². The lowest BCUT2D eigenvalue weighted by Gasteiger charge is -2.25. The van der Waals surface area contributed by atoms with Crippen LogP contribution in [0.25, 0.3) is 76.9 Å². The van der Waals surface area contributed by atoms with E-state index in [2.05, 4.69) is 205 Å². The summed E-state index contributed by atoms with van der Waals surface area (Å²) < 4.78 is 6.79. The van der Waals surface area contributed by atoms with Crippen LogP contribution in [0.3, 0.4) is 0 Å². The third kappa shape index (κ3) is 5.12. The molecule has 0 amide bonds. The topological polar surface area (TPSA) is 16.4 Å². The number of hydrogen-bond acceptors (Lipinski definition) is 2. The average molecular weight is 664 g/mol. The first-order chi connectivity index (χ1) is 25.8. The summed E-state index contributed by atoms with van der Waals surface area (Å²) in [6.45, 7) is 0. The van der Waals surface area contributed by atoms with Gasteiger partial charge in [0.1, 0.15) is 11.2 Å². The molecule has 0 spiro atoms. The van der Waals surface area contributed by atoms with E-state index in [1.165, 1.54) is 54.9 Å². The van der Waals surface area contributed by atoms with E-state index in [1.807, 2.05) is 0 Å². The van der Waals surface area contributed by atoms with Gasteiger partial charge in [-0.15, -0.1) is 0 Å². The number of furan rings is 1. The smallest absolute Gasteiger partial charge is 0.137 e. The van der Waals surface area contributed by atoms with Crippen molar-refractivity contribution < 1.29 is 4.42 Å². The van der Waals surface area contributed by atoms with Gasteiger partial charge in [0.2, 0.25) is 0 Å². The molecule has 0 aliphatic rings. The van der Waals surface area contributed by atoms with Crippen LogP contribution in [0.5, 0.6) is 0 Å². The maximum atomic E-state index is 6.79. The molecule has 10 aromatic rings. The molecule has 0 saturated heterocycles. The minimum Gasteiger partial charge on any atom is -0.456 e. The van der Waals surface area contributed by atoms with E-state index >= 15 is 0 Å². The van der Waals surface area contributed by atoms with Gasteiger partial charge < -0.3 is 9.32 Å². The van der Waals surface area contributed by atoms with Gasteiger partial charge in [-0.3, -0.25) is 0 Å². The van der Waals surface area contributed by atoms with Crippen LogP contribution in [0.1, 0.15) is 0 Å². The van der Waals surface area contributed by atoms with E-state index in [0.29, 0.717) is 0 Å². The molecule has 0 aliphatic heterocycles. The molecule has 2 heteroatoms. The fraction of sp³-hybridized carbons (Fsp3) is 0. The van der Waals surface area contributed by atoms with Crippen molar-refractivity contribution in [1.29, 1.82) is 0 Å². The van der Waals surface area contributed by atoms with Crippen molar-refractivity contribution in [2.24, 2.45) is 0 Å². The molecule has 0 radical (unpaired) electrons. The molecule has 2 nitrogen and oxygen atoms in total. The molecule has 10 rings (SSSR count). The van der Waals surface area contributed by atoms with Crippen LogP contribution in [0.2, 0.25) is 0 Å². The van der Waals surface area contributed by atoms with Gasteiger partial charge in [-0.1, -0.05) is 152 Å². The van der Waals surface area contributed by atoms with Gasteiger partial charge in [-0.05, 0) is 97.4 Å². The van der Waals surface area contributed by atoms with Crippen LogP contribution in [-0.2, 0) is 0 Å². The predicted molar refractivity (Wildman–Crippen MR) is 220 cm³/mol. The predicted octanol–water partition coefficient (Wildman–Crippen LogP) is 14.4. The molecule has 0 saturated carbocycles. The fourth-order valence-corrected chi connectivity index (χ4v) is 7.76. The molecule has 0 aliphatic carbocycles. The Kier molecular flexibility index (Phi) is 7.18. The Balaban J connectivity index is 1.07. The molecule has 0 unspecified atom stereocenters. The van der Waals surface area contributed by atoms with Crippen molar-refractivity contribution in [1.82, 2.24) is 0 Å². The Morgan fingerprint density at radius 2 is 0.846 bits per heavy atom. The monoisotopic (exact) mass is 663 g/mol. The quantitative estimate of drug-likeness (QED) is 0.176. The van der Waals surface area contributed by atoms with E-state index in [0.717, 1.165) is 39.0 Å². The first-order valence-corrected chi connectivity index (χ1v) is 17.8. The first-order valence-electron chi connectivity index (χ1n) is 17.8. The number of rotatable bonds is 6. The van der Waals surface area contributed by atoms with Gasteiger partial charge in [0.15, 0.2) is 0 Å². The van der Waals surface area contributed by atoms with Crippen molar-refractivity contribution in [3.05, 3.63) is 200 Å². The SMILES string of the molecule is c1ccc(-c2ccc(-c3ccc(N(c4ccccc4)c4ccc5c(c4)oc4cc(-c6cccc7ccccc67)c6ccccc6c45)cc3)cc2)cc1. The molecule has 1 heterocycles. The number of hydrogen-bond donors (Lipinski definition) is 0. The Hall–Kier alpha value is -6.90. The highest BCUT2D eigenvalue weighted by Gasteiger charge is 2.19. The standard InChI is InChI=1S/C50H33NO/c1-3-12-34(13-4-1)35-22-24-36(25-23-35)37-26-28-40(29-27-37)51(39-16-5-2-6-17-39)41-30-31-46-48(32-41)52-49-33-47(44-19-9-10-20-45(44)50(46)49)43-21-11-15-38-14-7-8-18-42(38)43/h1-33H. The number of anilines is 3. The Morgan fingerprint density at radius 1 is 0.308 bits per heavy atom. The second-order valence-electron chi connectivity index (χ2n) is 13.3. The number of fused-ring (bicyclic) bond motifs is 6. The van der Waals surface area contributed by atoms with E-state index in [4.69, 9.17) is 4.42 Å².